The molecule has 1 aromatic heterocycles. The van der Waals surface area contributed by atoms with E-state index in [-0.39, 0.29) is 5.91 Å². The number of nitrogens with one attached hydrogen (secondary N) is 1. The molecule has 1 saturated carbocycles. The lowest BCUT2D eigenvalue weighted by molar-refractivity contribution is -0.118. The van der Waals surface area contributed by atoms with Crippen LogP contribution in [0.15, 0.2) is 4.34 Å². The number of carbonyl (C=O) groups is 1. The molecule has 15 heavy (non-hydrogen) atoms. The fourth-order valence-electron chi connectivity index (χ4n) is 1.10. The van der Waals surface area contributed by atoms with Crippen LogP contribution in [0.4, 0.5) is 0 Å². The summed E-state index contributed by atoms with van der Waals surface area (Å²) < 4.78 is 0.870. The number of nitrogens with zero attached hydrogens (tertiary/aromatic N) is 2. The third-order valence-corrected chi connectivity index (χ3v) is 4.09. The molecule has 0 aromatic carbocycles. The van der Waals surface area contributed by atoms with Gasteiger partial charge >= 0.3 is 0 Å². The Hall–Kier alpha value is -0.620. The number of hydrogen-bond acceptors (Lipinski definition) is 5. The predicted molar refractivity (Wildman–Crippen MR) is 61.1 cm³/mol. The smallest absolute Gasteiger partial charge is 0.230 e. The van der Waals surface area contributed by atoms with E-state index < -0.39 is 0 Å². The molecule has 1 heterocycles. The Morgan fingerprint density at radius 3 is 3.00 bits per heavy atom. The number of thioether (sulfide) groups is 1. The van der Waals surface area contributed by atoms with Crippen LogP contribution in [0, 0.1) is 12.8 Å². The minimum atomic E-state index is 0.0970. The fraction of sp³-hybridized carbons (Fsp3) is 0.667. The summed E-state index contributed by atoms with van der Waals surface area (Å²) in [4.78, 5) is 11.4. The van der Waals surface area contributed by atoms with Crippen molar-refractivity contribution in [2.45, 2.75) is 24.1 Å². The van der Waals surface area contributed by atoms with Crippen molar-refractivity contribution in [1.29, 1.82) is 0 Å². The van der Waals surface area contributed by atoms with Crippen LogP contribution in [0.2, 0.25) is 0 Å². The topological polar surface area (TPSA) is 54.9 Å². The van der Waals surface area contributed by atoms with Crippen molar-refractivity contribution in [3.05, 3.63) is 5.01 Å². The molecule has 82 valence electrons. The van der Waals surface area contributed by atoms with Crippen LogP contribution in [0.5, 0.6) is 0 Å². The molecular weight excluding hydrogens is 230 g/mol. The molecule has 0 bridgehead atoms. The zero-order chi connectivity index (χ0) is 10.7. The predicted octanol–water partition coefficient (Wildman–Crippen LogP) is 1.46. The number of carbonyl (C=O) groups excluding carboxylic acids is 1. The second-order valence-electron chi connectivity index (χ2n) is 3.62. The lowest BCUT2D eigenvalue weighted by atomic mass is 10.4. The monoisotopic (exact) mass is 243 g/mol. The molecule has 2 rings (SSSR count). The minimum absolute atomic E-state index is 0.0970. The molecule has 1 aromatic rings. The molecule has 1 fully saturated rings. The standard InChI is InChI=1S/C9H13N3OS2/c1-6-11-12-9(15-6)14-5-8(13)10-4-7-2-3-7/h7H,2-5H2,1H3,(H,10,13). The van der Waals surface area contributed by atoms with Gasteiger partial charge in [-0.05, 0) is 25.7 Å². The van der Waals surface area contributed by atoms with Crippen molar-refractivity contribution in [1.82, 2.24) is 15.5 Å². The van der Waals surface area contributed by atoms with Crippen LogP contribution in [-0.2, 0) is 4.79 Å². The van der Waals surface area contributed by atoms with Gasteiger partial charge in [0.05, 0.1) is 5.75 Å². The highest BCUT2D eigenvalue weighted by molar-refractivity contribution is 8.01. The van der Waals surface area contributed by atoms with Crippen molar-refractivity contribution < 1.29 is 4.79 Å². The van der Waals surface area contributed by atoms with Crippen LogP contribution >= 0.6 is 23.1 Å². The molecule has 4 nitrogen and oxygen atoms in total. The van der Waals surface area contributed by atoms with Gasteiger partial charge in [-0.15, -0.1) is 10.2 Å². The molecule has 1 aliphatic rings. The van der Waals surface area contributed by atoms with Crippen molar-refractivity contribution in [2.75, 3.05) is 12.3 Å². The van der Waals surface area contributed by atoms with Gasteiger partial charge in [0.25, 0.3) is 0 Å². The molecule has 0 unspecified atom stereocenters. The first kappa shape index (κ1) is 10.9. The normalized spacial score (nSPS) is 15.3. The summed E-state index contributed by atoms with van der Waals surface area (Å²) in [6.07, 6.45) is 2.53. The lowest BCUT2D eigenvalue weighted by Gasteiger charge is -2.01. The van der Waals surface area contributed by atoms with Gasteiger partial charge in [0.2, 0.25) is 5.91 Å². The number of hydrogen-bond donors (Lipinski definition) is 1. The summed E-state index contributed by atoms with van der Waals surface area (Å²) in [5.74, 6) is 1.28. The minimum Gasteiger partial charge on any atom is -0.355 e. The van der Waals surface area contributed by atoms with Gasteiger partial charge in [-0.3, -0.25) is 4.79 Å². The lowest BCUT2D eigenvalue weighted by Crippen LogP contribution is -2.27. The van der Waals surface area contributed by atoms with E-state index in [9.17, 15) is 4.79 Å². The second kappa shape index (κ2) is 4.94. The van der Waals surface area contributed by atoms with E-state index in [0.717, 1.165) is 21.8 Å². The molecule has 1 amide bonds. The number of aryl methyl sites for hydroxylation is 1. The Balaban J connectivity index is 1.65. The summed E-state index contributed by atoms with van der Waals surface area (Å²) in [5, 5.41) is 11.7. The molecule has 0 aliphatic heterocycles. The summed E-state index contributed by atoms with van der Waals surface area (Å²) >= 11 is 2.98. The maximum absolute atomic E-state index is 11.4. The van der Waals surface area contributed by atoms with Crippen LogP contribution in [-0.4, -0.2) is 28.4 Å². The van der Waals surface area contributed by atoms with E-state index >= 15 is 0 Å². The quantitative estimate of drug-likeness (QED) is 0.796. The zero-order valence-corrected chi connectivity index (χ0v) is 10.2. The van der Waals surface area contributed by atoms with Gasteiger partial charge in [0, 0.05) is 6.54 Å². The number of amides is 1. The first-order valence-electron chi connectivity index (χ1n) is 4.93. The van der Waals surface area contributed by atoms with E-state index in [1.165, 1.54) is 35.9 Å². The maximum atomic E-state index is 11.4. The fourth-order valence-corrected chi connectivity index (χ4v) is 2.74. The zero-order valence-electron chi connectivity index (χ0n) is 8.52. The van der Waals surface area contributed by atoms with Gasteiger partial charge in [-0.2, -0.15) is 0 Å². The SMILES string of the molecule is Cc1nnc(SCC(=O)NCC2CC2)s1. The highest BCUT2D eigenvalue weighted by Crippen LogP contribution is 2.27. The van der Waals surface area contributed by atoms with Gasteiger partial charge in [-0.1, -0.05) is 23.1 Å². The Labute approximate surface area is 96.9 Å². The summed E-state index contributed by atoms with van der Waals surface area (Å²) in [5.41, 5.74) is 0. The molecule has 0 atom stereocenters. The number of aromatic nitrogens is 2. The Morgan fingerprint density at radius 1 is 1.60 bits per heavy atom. The Bertz CT molecular complexity index is 349. The first-order valence-corrected chi connectivity index (χ1v) is 6.74. The highest BCUT2D eigenvalue weighted by Gasteiger charge is 2.21. The van der Waals surface area contributed by atoms with E-state index in [1.54, 1.807) is 0 Å². The van der Waals surface area contributed by atoms with Crippen LogP contribution < -0.4 is 5.32 Å². The van der Waals surface area contributed by atoms with E-state index in [4.69, 9.17) is 0 Å². The third kappa shape index (κ3) is 3.79. The average molecular weight is 243 g/mol. The summed E-state index contributed by atoms with van der Waals surface area (Å²) in [7, 11) is 0. The Morgan fingerprint density at radius 2 is 2.40 bits per heavy atom. The molecule has 6 heteroatoms. The van der Waals surface area contributed by atoms with Gasteiger partial charge < -0.3 is 5.32 Å². The molecule has 0 spiro atoms. The summed E-state index contributed by atoms with van der Waals surface area (Å²) in [6, 6.07) is 0. The summed E-state index contributed by atoms with van der Waals surface area (Å²) in [6.45, 7) is 2.75. The first-order chi connectivity index (χ1) is 7.24. The molecule has 1 aliphatic carbocycles. The molecular formula is C9H13N3OS2. The number of rotatable bonds is 5. The third-order valence-electron chi connectivity index (χ3n) is 2.12. The maximum Gasteiger partial charge on any atom is 0.230 e. The molecule has 0 saturated heterocycles. The van der Waals surface area contributed by atoms with E-state index in [2.05, 4.69) is 15.5 Å². The van der Waals surface area contributed by atoms with Crippen molar-refractivity contribution >= 4 is 29.0 Å². The van der Waals surface area contributed by atoms with Crippen LogP contribution in [0.25, 0.3) is 0 Å². The van der Waals surface area contributed by atoms with Crippen LogP contribution in [0.3, 0.4) is 0 Å². The molecule has 0 radical (unpaired) electrons. The van der Waals surface area contributed by atoms with Crippen molar-refractivity contribution in [2.24, 2.45) is 5.92 Å². The van der Waals surface area contributed by atoms with E-state index in [1.807, 2.05) is 6.92 Å². The second-order valence-corrected chi connectivity index (χ2v) is 6.03. The largest absolute Gasteiger partial charge is 0.355 e. The average Bonchev–Trinajstić information content (AvgIpc) is 2.95. The van der Waals surface area contributed by atoms with Crippen molar-refractivity contribution in [3.8, 4) is 0 Å². The molecule has 1 N–H and O–H groups in total. The van der Waals surface area contributed by atoms with Crippen molar-refractivity contribution in [3.63, 3.8) is 0 Å². The van der Waals surface area contributed by atoms with E-state index in [0.29, 0.717) is 5.75 Å². The van der Waals surface area contributed by atoms with Crippen LogP contribution in [0.1, 0.15) is 17.8 Å². The van der Waals surface area contributed by atoms with Gasteiger partial charge in [-0.25, -0.2) is 0 Å². The van der Waals surface area contributed by atoms with Gasteiger partial charge in [0.1, 0.15) is 5.01 Å². The van der Waals surface area contributed by atoms with Gasteiger partial charge in [0.15, 0.2) is 4.34 Å². The Kier molecular flexibility index (Phi) is 3.58. The highest BCUT2D eigenvalue weighted by atomic mass is 32.2.